The molecule has 0 radical (unpaired) electrons. The van der Waals surface area contributed by atoms with E-state index < -0.39 is 0 Å². The number of methoxy groups -OCH3 is 1. The number of rotatable bonds is 8. The molecule has 0 saturated carbocycles. The van der Waals surface area contributed by atoms with Crippen LogP contribution in [-0.4, -0.2) is 86.9 Å². The normalized spacial score (nSPS) is 31.3. The zero-order chi connectivity index (χ0) is 19.1. The van der Waals surface area contributed by atoms with Crippen LogP contribution in [0.25, 0.3) is 0 Å². The van der Waals surface area contributed by atoms with Crippen molar-refractivity contribution in [2.45, 2.75) is 70.1 Å². The van der Waals surface area contributed by atoms with Crippen LogP contribution in [0, 0.1) is 5.92 Å². The first-order chi connectivity index (χ1) is 13.1. The van der Waals surface area contributed by atoms with Crippen molar-refractivity contribution < 1.29 is 14.3 Å². The average molecular weight is 382 g/mol. The minimum atomic E-state index is -0.0913. The van der Waals surface area contributed by atoms with E-state index >= 15 is 0 Å². The lowest BCUT2D eigenvalue weighted by atomic mass is 9.91. The van der Waals surface area contributed by atoms with E-state index in [0.29, 0.717) is 30.5 Å². The molecule has 3 atom stereocenters. The van der Waals surface area contributed by atoms with Gasteiger partial charge in [0.2, 0.25) is 0 Å². The van der Waals surface area contributed by atoms with E-state index in [0.717, 1.165) is 39.2 Å². The first kappa shape index (κ1) is 21.0. The predicted octanol–water partition coefficient (Wildman–Crippen LogP) is 1.88. The second-order valence-electron chi connectivity index (χ2n) is 8.73. The van der Waals surface area contributed by atoms with E-state index in [4.69, 9.17) is 9.47 Å². The summed E-state index contributed by atoms with van der Waals surface area (Å²) in [4.78, 5) is 16.3. The van der Waals surface area contributed by atoms with Crippen molar-refractivity contribution in [3.05, 3.63) is 0 Å². The first-order valence-corrected chi connectivity index (χ1v) is 11.0. The second kappa shape index (κ2) is 10.7. The zero-order valence-corrected chi connectivity index (χ0v) is 17.3. The third kappa shape index (κ3) is 6.70. The highest BCUT2D eigenvalue weighted by Crippen LogP contribution is 2.22. The van der Waals surface area contributed by atoms with Crippen LogP contribution < -0.4 is 5.32 Å². The number of carbonyl (C=O) groups is 1. The van der Waals surface area contributed by atoms with Crippen molar-refractivity contribution in [2.24, 2.45) is 5.92 Å². The summed E-state index contributed by atoms with van der Waals surface area (Å²) in [6, 6.07) is 1.31. The fourth-order valence-corrected chi connectivity index (χ4v) is 4.90. The highest BCUT2D eigenvalue weighted by atomic mass is 16.5. The Morgan fingerprint density at radius 3 is 2.59 bits per heavy atom. The van der Waals surface area contributed by atoms with Gasteiger partial charge >= 0.3 is 5.97 Å². The van der Waals surface area contributed by atoms with Crippen molar-refractivity contribution in [2.75, 3.05) is 53.0 Å². The second-order valence-corrected chi connectivity index (χ2v) is 8.73. The van der Waals surface area contributed by atoms with Gasteiger partial charge in [0, 0.05) is 38.2 Å². The maximum absolute atomic E-state index is 11.2. The predicted molar refractivity (Wildman–Crippen MR) is 107 cm³/mol. The number of piperidine rings is 2. The van der Waals surface area contributed by atoms with Crippen molar-refractivity contribution in [1.82, 2.24) is 15.1 Å². The number of nitrogens with zero attached hydrogens (tertiary/aromatic N) is 2. The highest BCUT2D eigenvalue weighted by Gasteiger charge is 2.30. The first-order valence-electron chi connectivity index (χ1n) is 11.0. The molecule has 3 aliphatic rings. The monoisotopic (exact) mass is 381 g/mol. The highest BCUT2D eigenvalue weighted by molar-refractivity contribution is 5.69. The number of hydrogen-bond acceptors (Lipinski definition) is 6. The lowest BCUT2D eigenvalue weighted by Gasteiger charge is -2.41. The molecule has 1 N–H and O–H groups in total. The summed E-state index contributed by atoms with van der Waals surface area (Å²) in [5.74, 6) is 0.615. The van der Waals surface area contributed by atoms with E-state index in [2.05, 4.69) is 22.0 Å². The standard InChI is InChI=1S/C21H39N3O3/c1-17-15-24(16-19-5-4-14-27-19)13-9-20(17)22-18-7-11-23(12-8-18)10-3-6-21(25)26-2/h17-20,22H,3-16H2,1-2H3/t17-,19+,20-/m1/s1. The number of esters is 1. The molecule has 0 spiro atoms. The lowest BCUT2D eigenvalue weighted by Crippen LogP contribution is -2.54. The molecule has 0 aliphatic carbocycles. The Hall–Kier alpha value is -0.690. The van der Waals surface area contributed by atoms with Gasteiger partial charge in [0.15, 0.2) is 0 Å². The Bertz CT molecular complexity index is 448. The molecular weight excluding hydrogens is 342 g/mol. The molecule has 3 rings (SSSR count). The molecule has 0 aromatic rings. The summed E-state index contributed by atoms with van der Waals surface area (Å²) in [6.07, 6.45) is 8.10. The third-order valence-electron chi connectivity index (χ3n) is 6.60. The smallest absolute Gasteiger partial charge is 0.305 e. The SMILES string of the molecule is COC(=O)CCCN1CCC(N[C@@H]2CCN(C[C@@H]3CCCO3)C[C@H]2C)CC1. The summed E-state index contributed by atoms with van der Waals surface area (Å²) >= 11 is 0. The van der Waals surface area contributed by atoms with Crippen molar-refractivity contribution >= 4 is 5.97 Å². The topological polar surface area (TPSA) is 54.0 Å². The van der Waals surface area contributed by atoms with E-state index in [1.165, 1.54) is 52.3 Å². The van der Waals surface area contributed by atoms with Crippen LogP contribution in [0.15, 0.2) is 0 Å². The van der Waals surface area contributed by atoms with E-state index in [1.807, 2.05) is 0 Å². The van der Waals surface area contributed by atoms with Crippen LogP contribution in [0.3, 0.4) is 0 Å². The molecule has 0 unspecified atom stereocenters. The van der Waals surface area contributed by atoms with Crippen molar-refractivity contribution in [1.29, 1.82) is 0 Å². The molecule has 3 heterocycles. The molecule has 156 valence electrons. The Morgan fingerprint density at radius 1 is 1.15 bits per heavy atom. The van der Waals surface area contributed by atoms with E-state index in [-0.39, 0.29) is 5.97 Å². The largest absolute Gasteiger partial charge is 0.469 e. The van der Waals surface area contributed by atoms with Crippen LogP contribution in [0.1, 0.15) is 51.9 Å². The van der Waals surface area contributed by atoms with Crippen LogP contribution in [-0.2, 0) is 14.3 Å². The summed E-state index contributed by atoms with van der Waals surface area (Å²) in [5.41, 5.74) is 0. The Morgan fingerprint density at radius 2 is 1.93 bits per heavy atom. The number of carbonyl (C=O) groups excluding carboxylic acids is 1. The minimum absolute atomic E-state index is 0.0913. The van der Waals surface area contributed by atoms with Gasteiger partial charge in [-0.3, -0.25) is 4.79 Å². The van der Waals surface area contributed by atoms with Gasteiger partial charge < -0.3 is 24.6 Å². The van der Waals surface area contributed by atoms with Crippen LogP contribution >= 0.6 is 0 Å². The fourth-order valence-electron chi connectivity index (χ4n) is 4.90. The molecular formula is C21H39N3O3. The van der Waals surface area contributed by atoms with Crippen molar-refractivity contribution in [3.8, 4) is 0 Å². The third-order valence-corrected chi connectivity index (χ3v) is 6.60. The Balaban J connectivity index is 1.30. The van der Waals surface area contributed by atoms with Crippen molar-refractivity contribution in [3.63, 3.8) is 0 Å². The van der Waals surface area contributed by atoms with Crippen LogP contribution in [0.4, 0.5) is 0 Å². The van der Waals surface area contributed by atoms with Crippen LogP contribution in [0.5, 0.6) is 0 Å². The summed E-state index contributed by atoms with van der Waals surface area (Å²) in [5, 5.41) is 3.97. The molecule has 6 heteroatoms. The zero-order valence-electron chi connectivity index (χ0n) is 17.3. The maximum Gasteiger partial charge on any atom is 0.305 e. The maximum atomic E-state index is 11.2. The van der Waals surface area contributed by atoms with Gasteiger partial charge in [-0.15, -0.1) is 0 Å². The molecule has 0 amide bonds. The molecule has 3 saturated heterocycles. The number of nitrogens with one attached hydrogen (secondary N) is 1. The van der Waals surface area contributed by atoms with Gasteiger partial charge in [0.05, 0.1) is 13.2 Å². The molecule has 0 aromatic carbocycles. The molecule has 3 aliphatic heterocycles. The number of ether oxygens (including phenoxy) is 2. The molecule has 0 aromatic heterocycles. The van der Waals surface area contributed by atoms with E-state index in [1.54, 1.807) is 0 Å². The molecule has 6 nitrogen and oxygen atoms in total. The Kier molecular flexibility index (Phi) is 8.37. The van der Waals surface area contributed by atoms with Crippen LogP contribution in [0.2, 0.25) is 0 Å². The van der Waals surface area contributed by atoms with Gasteiger partial charge in [0.1, 0.15) is 0 Å². The van der Waals surface area contributed by atoms with E-state index in [9.17, 15) is 4.79 Å². The molecule has 27 heavy (non-hydrogen) atoms. The Labute approximate surface area is 164 Å². The van der Waals surface area contributed by atoms with Gasteiger partial charge in [-0.25, -0.2) is 0 Å². The average Bonchev–Trinajstić information content (AvgIpc) is 3.18. The van der Waals surface area contributed by atoms with Gasteiger partial charge in [0.25, 0.3) is 0 Å². The lowest BCUT2D eigenvalue weighted by molar-refractivity contribution is -0.140. The quantitative estimate of drug-likeness (QED) is 0.648. The summed E-state index contributed by atoms with van der Waals surface area (Å²) in [7, 11) is 1.47. The molecule has 0 bridgehead atoms. The fraction of sp³-hybridized carbons (Fsp3) is 0.952. The van der Waals surface area contributed by atoms with Gasteiger partial charge in [-0.05, 0) is 70.6 Å². The summed E-state index contributed by atoms with van der Waals surface area (Å²) < 4.78 is 10.5. The minimum Gasteiger partial charge on any atom is -0.469 e. The molecule has 3 fully saturated rings. The van der Waals surface area contributed by atoms with Gasteiger partial charge in [-0.2, -0.15) is 0 Å². The summed E-state index contributed by atoms with van der Waals surface area (Å²) in [6.45, 7) is 10.2. The number of likely N-dealkylation sites (tertiary alicyclic amines) is 2. The number of hydrogen-bond donors (Lipinski definition) is 1. The van der Waals surface area contributed by atoms with Gasteiger partial charge in [-0.1, -0.05) is 6.92 Å².